The molecule has 0 unspecified atom stereocenters. The molecule has 1 amide bonds. The van der Waals surface area contributed by atoms with Gasteiger partial charge in [0.05, 0.1) is 23.6 Å². The van der Waals surface area contributed by atoms with Crippen molar-refractivity contribution >= 4 is 11.6 Å². The van der Waals surface area contributed by atoms with Crippen LogP contribution in [0, 0.1) is 11.3 Å². The van der Waals surface area contributed by atoms with Crippen molar-refractivity contribution in [2.24, 2.45) is 0 Å². The van der Waals surface area contributed by atoms with Crippen LogP contribution in [0.3, 0.4) is 0 Å². The van der Waals surface area contributed by atoms with Gasteiger partial charge < -0.3 is 10.1 Å². The molecule has 0 spiro atoms. The van der Waals surface area contributed by atoms with Gasteiger partial charge in [-0.1, -0.05) is 12.1 Å². The van der Waals surface area contributed by atoms with Crippen molar-refractivity contribution in [1.82, 2.24) is 9.97 Å². The van der Waals surface area contributed by atoms with Crippen molar-refractivity contribution in [2.45, 2.75) is 0 Å². The van der Waals surface area contributed by atoms with Gasteiger partial charge in [0.15, 0.2) is 6.61 Å². The Morgan fingerprint density at radius 3 is 2.79 bits per heavy atom. The van der Waals surface area contributed by atoms with Crippen molar-refractivity contribution in [3.05, 3.63) is 48.5 Å². The molecule has 6 nitrogen and oxygen atoms in total. The maximum atomic E-state index is 11.6. The standard InChI is InChI=1S/C13H10N4O2/c14-5-10-3-1-2-4-12(10)19-8-13(18)17-11-6-15-9-16-7-11/h1-4,6-7,9H,8H2,(H,17,18). The fourth-order valence-corrected chi connectivity index (χ4v) is 1.39. The van der Waals surface area contributed by atoms with Crippen LogP contribution >= 0.6 is 0 Å². The zero-order valence-corrected chi connectivity index (χ0v) is 9.91. The molecule has 0 radical (unpaired) electrons. The lowest BCUT2D eigenvalue weighted by Gasteiger charge is -2.07. The van der Waals surface area contributed by atoms with Gasteiger partial charge in [0, 0.05) is 0 Å². The molecule has 1 aromatic carbocycles. The summed E-state index contributed by atoms with van der Waals surface area (Å²) < 4.78 is 5.29. The minimum atomic E-state index is -0.345. The van der Waals surface area contributed by atoms with E-state index in [0.29, 0.717) is 17.0 Å². The third kappa shape index (κ3) is 3.51. The number of hydrogen-bond acceptors (Lipinski definition) is 5. The Kier molecular flexibility index (Phi) is 4.03. The molecule has 0 saturated heterocycles. The number of carbonyl (C=O) groups excluding carboxylic acids is 1. The highest BCUT2D eigenvalue weighted by Gasteiger charge is 2.06. The van der Waals surface area contributed by atoms with E-state index in [4.69, 9.17) is 10.00 Å². The number of rotatable bonds is 4. The summed E-state index contributed by atoms with van der Waals surface area (Å²) >= 11 is 0. The number of nitrogens with one attached hydrogen (secondary N) is 1. The van der Waals surface area contributed by atoms with Gasteiger partial charge in [-0.05, 0) is 12.1 Å². The average molecular weight is 254 g/mol. The second kappa shape index (κ2) is 6.12. The number of aromatic nitrogens is 2. The number of para-hydroxylation sites is 1. The van der Waals surface area contributed by atoms with E-state index in [2.05, 4.69) is 15.3 Å². The zero-order valence-electron chi connectivity index (χ0n) is 9.91. The molecule has 0 aliphatic carbocycles. The number of amides is 1. The lowest BCUT2D eigenvalue weighted by Crippen LogP contribution is -2.20. The first-order valence-corrected chi connectivity index (χ1v) is 5.46. The monoisotopic (exact) mass is 254 g/mol. The summed E-state index contributed by atoms with van der Waals surface area (Å²) in [6.45, 7) is -0.187. The maximum absolute atomic E-state index is 11.6. The van der Waals surface area contributed by atoms with E-state index in [9.17, 15) is 4.79 Å². The Balaban J connectivity index is 1.92. The summed E-state index contributed by atoms with van der Waals surface area (Å²) in [6.07, 6.45) is 4.33. The highest BCUT2D eigenvalue weighted by atomic mass is 16.5. The molecule has 0 aliphatic heterocycles. The second-order valence-electron chi connectivity index (χ2n) is 3.57. The van der Waals surface area contributed by atoms with Crippen LogP contribution in [0.1, 0.15) is 5.56 Å². The summed E-state index contributed by atoms with van der Waals surface area (Å²) in [6, 6.07) is 8.72. The van der Waals surface area contributed by atoms with Crippen LogP contribution in [-0.4, -0.2) is 22.5 Å². The minimum absolute atomic E-state index is 0.187. The molecule has 0 fully saturated rings. The number of benzene rings is 1. The Bertz CT molecular complexity index is 608. The Morgan fingerprint density at radius 1 is 1.32 bits per heavy atom. The van der Waals surface area contributed by atoms with E-state index in [1.54, 1.807) is 24.3 Å². The molecule has 19 heavy (non-hydrogen) atoms. The molecule has 0 atom stereocenters. The quantitative estimate of drug-likeness (QED) is 0.890. The van der Waals surface area contributed by atoms with Crippen LogP contribution in [0.2, 0.25) is 0 Å². The molecule has 1 heterocycles. The molecule has 6 heteroatoms. The van der Waals surface area contributed by atoms with Crippen molar-refractivity contribution in [2.75, 3.05) is 11.9 Å². The van der Waals surface area contributed by atoms with Crippen molar-refractivity contribution < 1.29 is 9.53 Å². The van der Waals surface area contributed by atoms with Gasteiger partial charge in [-0.15, -0.1) is 0 Å². The van der Waals surface area contributed by atoms with E-state index in [0.717, 1.165) is 0 Å². The molecule has 2 rings (SSSR count). The van der Waals surface area contributed by atoms with E-state index in [-0.39, 0.29) is 12.5 Å². The zero-order chi connectivity index (χ0) is 13.5. The molecular formula is C13H10N4O2. The third-order valence-electron chi connectivity index (χ3n) is 2.21. The largest absolute Gasteiger partial charge is 0.482 e. The van der Waals surface area contributed by atoms with Gasteiger partial charge in [0.25, 0.3) is 5.91 Å². The molecule has 0 bridgehead atoms. The molecule has 94 valence electrons. The SMILES string of the molecule is N#Cc1ccccc1OCC(=O)Nc1cncnc1. The van der Waals surface area contributed by atoms with Gasteiger partial charge in [0.2, 0.25) is 0 Å². The van der Waals surface area contributed by atoms with Gasteiger partial charge in [0.1, 0.15) is 18.1 Å². The summed E-state index contributed by atoms with van der Waals surface area (Å²) in [5.41, 5.74) is 0.878. The van der Waals surface area contributed by atoms with Gasteiger partial charge in [-0.25, -0.2) is 9.97 Å². The fraction of sp³-hybridized carbons (Fsp3) is 0.0769. The second-order valence-corrected chi connectivity index (χ2v) is 3.57. The Hall–Kier alpha value is -2.94. The number of nitriles is 1. The normalized spacial score (nSPS) is 9.42. The van der Waals surface area contributed by atoms with Crippen LogP contribution < -0.4 is 10.1 Å². The Morgan fingerprint density at radius 2 is 2.05 bits per heavy atom. The third-order valence-corrected chi connectivity index (χ3v) is 2.21. The summed E-state index contributed by atoms with van der Waals surface area (Å²) in [5.74, 6) is 0.0343. The van der Waals surface area contributed by atoms with Crippen LogP contribution in [0.25, 0.3) is 0 Å². The summed E-state index contributed by atoms with van der Waals surface area (Å²) in [7, 11) is 0. The van der Waals surface area contributed by atoms with E-state index in [1.165, 1.54) is 18.7 Å². The number of hydrogen-bond donors (Lipinski definition) is 1. The average Bonchev–Trinajstić information content (AvgIpc) is 2.46. The van der Waals surface area contributed by atoms with E-state index >= 15 is 0 Å². The first-order chi connectivity index (χ1) is 9.29. The fourth-order valence-electron chi connectivity index (χ4n) is 1.39. The number of anilines is 1. The first kappa shape index (κ1) is 12.5. The summed E-state index contributed by atoms with van der Waals surface area (Å²) in [4.78, 5) is 19.2. The topological polar surface area (TPSA) is 87.9 Å². The van der Waals surface area contributed by atoms with Gasteiger partial charge in [-0.2, -0.15) is 5.26 Å². The van der Waals surface area contributed by atoms with E-state index < -0.39 is 0 Å². The van der Waals surface area contributed by atoms with Crippen LogP contribution in [0.5, 0.6) is 5.75 Å². The predicted octanol–water partition coefficient (Wildman–Crippen LogP) is 1.37. The van der Waals surface area contributed by atoms with Crippen molar-refractivity contribution in [3.8, 4) is 11.8 Å². The molecule has 2 aromatic rings. The molecule has 1 aromatic heterocycles. The van der Waals surface area contributed by atoms with Crippen LogP contribution in [-0.2, 0) is 4.79 Å². The molecular weight excluding hydrogens is 244 g/mol. The van der Waals surface area contributed by atoms with Gasteiger partial charge >= 0.3 is 0 Å². The Labute approximate surface area is 109 Å². The van der Waals surface area contributed by atoms with Crippen molar-refractivity contribution in [1.29, 1.82) is 5.26 Å². The number of carbonyl (C=O) groups is 1. The molecule has 0 saturated carbocycles. The molecule has 0 aliphatic rings. The molecule has 1 N–H and O–H groups in total. The smallest absolute Gasteiger partial charge is 0.262 e. The predicted molar refractivity (Wildman–Crippen MR) is 67.3 cm³/mol. The summed E-state index contributed by atoms with van der Waals surface area (Å²) in [5, 5.41) is 11.4. The number of ether oxygens (including phenoxy) is 1. The highest BCUT2D eigenvalue weighted by Crippen LogP contribution is 2.16. The lowest BCUT2D eigenvalue weighted by molar-refractivity contribution is -0.118. The highest BCUT2D eigenvalue weighted by molar-refractivity contribution is 5.91. The van der Waals surface area contributed by atoms with Crippen LogP contribution in [0.4, 0.5) is 5.69 Å². The van der Waals surface area contributed by atoms with Gasteiger partial charge in [-0.3, -0.25) is 4.79 Å². The lowest BCUT2D eigenvalue weighted by atomic mass is 10.2. The number of nitrogens with zero attached hydrogens (tertiary/aromatic N) is 3. The minimum Gasteiger partial charge on any atom is -0.482 e. The van der Waals surface area contributed by atoms with Crippen molar-refractivity contribution in [3.63, 3.8) is 0 Å². The maximum Gasteiger partial charge on any atom is 0.262 e. The first-order valence-electron chi connectivity index (χ1n) is 5.46. The van der Waals surface area contributed by atoms with E-state index in [1.807, 2.05) is 6.07 Å². The van der Waals surface area contributed by atoms with Crippen LogP contribution in [0.15, 0.2) is 43.0 Å².